The third kappa shape index (κ3) is 3.90. The molecule has 2 rings (SSSR count). The van der Waals surface area contributed by atoms with Crippen LogP contribution in [0.15, 0.2) is 24.4 Å². The van der Waals surface area contributed by atoms with E-state index in [2.05, 4.69) is 0 Å². The van der Waals surface area contributed by atoms with Crippen LogP contribution in [0, 0.1) is 0 Å². The van der Waals surface area contributed by atoms with E-state index in [1.54, 1.807) is 39.0 Å². The molecule has 0 aliphatic rings. The number of benzene rings is 1. The molecule has 0 aliphatic carbocycles. The van der Waals surface area contributed by atoms with E-state index in [0.717, 1.165) is 0 Å². The van der Waals surface area contributed by atoms with Gasteiger partial charge in [-0.05, 0) is 45.9 Å². The quantitative estimate of drug-likeness (QED) is 0.636. The second-order valence-corrected chi connectivity index (χ2v) is 6.18. The van der Waals surface area contributed by atoms with Gasteiger partial charge in [0.25, 0.3) is 0 Å². The van der Waals surface area contributed by atoms with Crippen LogP contribution >= 0.6 is 0 Å². The standard InChI is InChI=1S/C17H21NO5/c1-11(19)14-9-18(16(20)23-17(2,3)4)15-7-6-12(8-13(14)15)22-10-21-5/h6-9H,10H2,1-5H3. The highest BCUT2D eigenvalue weighted by Gasteiger charge is 2.22. The fourth-order valence-electron chi connectivity index (χ4n) is 2.17. The average Bonchev–Trinajstić information content (AvgIpc) is 2.82. The lowest BCUT2D eigenvalue weighted by Crippen LogP contribution is -2.26. The molecule has 6 nitrogen and oxygen atoms in total. The predicted molar refractivity (Wildman–Crippen MR) is 86.1 cm³/mol. The lowest BCUT2D eigenvalue weighted by molar-refractivity contribution is 0.0510. The Labute approximate surface area is 134 Å². The number of carbonyl (C=O) groups is 2. The summed E-state index contributed by atoms with van der Waals surface area (Å²) in [7, 11) is 1.53. The first-order valence-electron chi connectivity index (χ1n) is 7.24. The van der Waals surface area contributed by atoms with Crippen LogP contribution in [-0.4, -0.2) is 35.9 Å². The van der Waals surface area contributed by atoms with Crippen molar-refractivity contribution in [1.29, 1.82) is 0 Å². The minimum atomic E-state index is -0.619. The normalized spacial score (nSPS) is 11.5. The lowest BCUT2D eigenvalue weighted by Gasteiger charge is -2.19. The van der Waals surface area contributed by atoms with Gasteiger partial charge in [-0.2, -0.15) is 0 Å². The number of aromatic nitrogens is 1. The van der Waals surface area contributed by atoms with E-state index in [1.807, 2.05) is 0 Å². The molecule has 0 radical (unpaired) electrons. The Morgan fingerprint density at radius 1 is 1.22 bits per heavy atom. The van der Waals surface area contributed by atoms with E-state index in [9.17, 15) is 9.59 Å². The van der Waals surface area contributed by atoms with Crippen LogP contribution in [0.1, 0.15) is 38.1 Å². The molecular weight excluding hydrogens is 298 g/mol. The highest BCUT2D eigenvalue weighted by atomic mass is 16.7. The average molecular weight is 319 g/mol. The van der Waals surface area contributed by atoms with Gasteiger partial charge in [0.15, 0.2) is 12.6 Å². The topological polar surface area (TPSA) is 66.8 Å². The maximum atomic E-state index is 12.3. The third-order valence-corrected chi connectivity index (χ3v) is 3.09. The Morgan fingerprint density at radius 2 is 1.91 bits per heavy atom. The summed E-state index contributed by atoms with van der Waals surface area (Å²) in [4.78, 5) is 24.2. The van der Waals surface area contributed by atoms with Crippen molar-refractivity contribution < 1.29 is 23.8 Å². The molecule has 0 bridgehead atoms. The van der Waals surface area contributed by atoms with Crippen molar-refractivity contribution in [3.05, 3.63) is 30.0 Å². The van der Waals surface area contributed by atoms with Crippen molar-refractivity contribution in [3.63, 3.8) is 0 Å². The molecule has 1 heterocycles. The molecule has 23 heavy (non-hydrogen) atoms. The van der Waals surface area contributed by atoms with Crippen LogP contribution in [0.3, 0.4) is 0 Å². The number of rotatable bonds is 4. The Hall–Kier alpha value is -2.34. The van der Waals surface area contributed by atoms with Gasteiger partial charge in [-0.1, -0.05) is 0 Å². The van der Waals surface area contributed by atoms with Crippen LogP contribution in [0.25, 0.3) is 10.9 Å². The first-order valence-corrected chi connectivity index (χ1v) is 7.24. The molecule has 1 aromatic carbocycles. The summed E-state index contributed by atoms with van der Waals surface area (Å²) in [6.45, 7) is 6.93. The first-order chi connectivity index (χ1) is 10.7. The molecule has 0 spiro atoms. The van der Waals surface area contributed by atoms with Crippen molar-refractivity contribution in [3.8, 4) is 5.75 Å². The molecule has 0 amide bonds. The summed E-state index contributed by atoms with van der Waals surface area (Å²) >= 11 is 0. The molecule has 6 heteroatoms. The number of ketones is 1. The minimum Gasteiger partial charge on any atom is -0.468 e. The first kappa shape index (κ1) is 17.0. The Balaban J connectivity index is 2.50. The van der Waals surface area contributed by atoms with Gasteiger partial charge in [0.2, 0.25) is 0 Å². The van der Waals surface area contributed by atoms with Gasteiger partial charge < -0.3 is 14.2 Å². The number of nitrogens with zero attached hydrogens (tertiary/aromatic N) is 1. The van der Waals surface area contributed by atoms with Gasteiger partial charge in [-0.25, -0.2) is 4.79 Å². The molecule has 2 aromatic rings. The SMILES string of the molecule is COCOc1ccc2c(c1)c(C(C)=O)cn2C(=O)OC(C)(C)C. The number of Topliss-reactive ketones (excluding diaryl/α,β-unsaturated/α-hetero) is 1. The second kappa shape index (κ2) is 6.42. The van der Waals surface area contributed by atoms with Gasteiger partial charge in [0.1, 0.15) is 11.4 Å². The van der Waals surface area contributed by atoms with E-state index >= 15 is 0 Å². The molecule has 124 valence electrons. The molecule has 0 atom stereocenters. The highest BCUT2D eigenvalue weighted by molar-refractivity contribution is 6.09. The summed E-state index contributed by atoms with van der Waals surface area (Å²) in [6.07, 6.45) is 0.974. The van der Waals surface area contributed by atoms with Gasteiger partial charge in [0.05, 0.1) is 5.52 Å². The van der Waals surface area contributed by atoms with Crippen molar-refractivity contribution in [2.75, 3.05) is 13.9 Å². The maximum Gasteiger partial charge on any atom is 0.419 e. The van der Waals surface area contributed by atoms with Crippen molar-refractivity contribution >= 4 is 22.8 Å². The Bertz CT molecular complexity index is 739. The Kier molecular flexibility index (Phi) is 4.75. The van der Waals surface area contributed by atoms with E-state index in [1.165, 1.54) is 24.8 Å². The molecule has 0 N–H and O–H groups in total. The van der Waals surface area contributed by atoms with E-state index in [0.29, 0.717) is 22.2 Å². The zero-order valence-corrected chi connectivity index (χ0v) is 14.0. The van der Waals surface area contributed by atoms with Gasteiger partial charge in [-0.3, -0.25) is 9.36 Å². The number of hydrogen-bond acceptors (Lipinski definition) is 5. The molecule has 0 aliphatic heterocycles. The monoisotopic (exact) mass is 319 g/mol. The fourth-order valence-corrected chi connectivity index (χ4v) is 2.17. The molecule has 1 aromatic heterocycles. The number of methoxy groups -OCH3 is 1. The van der Waals surface area contributed by atoms with E-state index < -0.39 is 11.7 Å². The predicted octanol–water partition coefficient (Wildman–Crippen LogP) is 3.61. The third-order valence-electron chi connectivity index (χ3n) is 3.09. The number of carbonyl (C=O) groups excluding carboxylic acids is 2. The second-order valence-electron chi connectivity index (χ2n) is 6.18. The van der Waals surface area contributed by atoms with Gasteiger partial charge in [-0.15, -0.1) is 0 Å². The molecule has 0 fully saturated rings. The van der Waals surface area contributed by atoms with Gasteiger partial charge in [0, 0.05) is 24.3 Å². The van der Waals surface area contributed by atoms with Crippen molar-refractivity contribution in [2.45, 2.75) is 33.3 Å². The van der Waals surface area contributed by atoms with Crippen LogP contribution in [0.2, 0.25) is 0 Å². The largest absolute Gasteiger partial charge is 0.468 e. The van der Waals surface area contributed by atoms with Crippen LogP contribution in [-0.2, 0) is 9.47 Å². The van der Waals surface area contributed by atoms with Crippen LogP contribution in [0.5, 0.6) is 5.75 Å². The Morgan fingerprint density at radius 3 is 2.48 bits per heavy atom. The smallest absolute Gasteiger partial charge is 0.419 e. The maximum absolute atomic E-state index is 12.3. The number of hydrogen-bond donors (Lipinski definition) is 0. The molecule has 0 unspecified atom stereocenters. The zero-order valence-electron chi connectivity index (χ0n) is 14.0. The highest BCUT2D eigenvalue weighted by Crippen LogP contribution is 2.27. The zero-order chi connectivity index (χ0) is 17.2. The summed E-state index contributed by atoms with van der Waals surface area (Å²) in [5, 5.41) is 0.636. The molecule has 0 saturated heterocycles. The van der Waals surface area contributed by atoms with Crippen molar-refractivity contribution in [1.82, 2.24) is 4.57 Å². The summed E-state index contributed by atoms with van der Waals surface area (Å²) in [5.41, 5.74) is 0.411. The van der Waals surface area contributed by atoms with Crippen LogP contribution < -0.4 is 4.74 Å². The van der Waals surface area contributed by atoms with E-state index in [-0.39, 0.29) is 12.6 Å². The minimum absolute atomic E-state index is 0.105. The molecule has 0 saturated carbocycles. The summed E-state index contributed by atoms with van der Waals surface area (Å²) < 4.78 is 17.0. The summed E-state index contributed by atoms with van der Waals surface area (Å²) in [6, 6.07) is 5.15. The van der Waals surface area contributed by atoms with E-state index in [4.69, 9.17) is 14.2 Å². The lowest BCUT2D eigenvalue weighted by atomic mass is 10.1. The number of ether oxygens (including phenoxy) is 3. The van der Waals surface area contributed by atoms with Crippen molar-refractivity contribution in [2.24, 2.45) is 0 Å². The summed E-state index contributed by atoms with van der Waals surface area (Å²) in [5.74, 6) is 0.421. The van der Waals surface area contributed by atoms with Crippen LogP contribution in [0.4, 0.5) is 4.79 Å². The van der Waals surface area contributed by atoms with Gasteiger partial charge >= 0.3 is 6.09 Å². The fraction of sp³-hybridized carbons (Fsp3) is 0.412. The number of fused-ring (bicyclic) bond motifs is 1. The molecular formula is C17H21NO5.